The van der Waals surface area contributed by atoms with E-state index in [-0.39, 0.29) is 10.2 Å². The highest BCUT2D eigenvalue weighted by atomic mass is 79.9. The van der Waals surface area contributed by atoms with E-state index < -0.39 is 29.0 Å². The van der Waals surface area contributed by atoms with Gasteiger partial charge >= 0.3 is 11.8 Å². The van der Waals surface area contributed by atoms with E-state index in [1.54, 1.807) is 32.9 Å². The van der Waals surface area contributed by atoms with E-state index in [4.69, 9.17) is 0 Å². The number of rotatable bonds is 1. The summed E-state index contributed by atoms with van der Waals surface area (Å²) in [7, 11) is 0. The van der Waals surface area contributed by atoms with Crippen molar-refractivity contribution in [1.29, 1.82) is 0 Å². The summed E-state index contributed by atoms with van der Waals surface area (Å²) in [5.41, 5.74) is -0.724. The van der Waals surface area contributed by atoms with Crippen molar-refractivity contribution in [1.82, 2.24) is 4.57 Å². The molecular weight excluding hydrogens is 370 g/mol. The Balaban J connectivity index is 2.51. The molecule has 0 atom stereocenters. The van der Waals surface area contributed by atoms with Crippen LogP contribution in [0, 0.1) is 11.6 Å². The number of hydrogen-bond acceptors (Lipinski definition) is 2. The molecule has 4 nitrogen and oxygen atoms in total. The highest BCUT2D eigenvalue weighted by Gasteiger charge is 2.34. The SMILES string of the molecule is CC(C)(C)N(C(=O)C(=O)n1cccc1)c1cc(F)c(F)c(Br)c1. The van der Waals surface area contributed by atoms with E-state index in [0.29, 0.717) is 0 Å². The molecule has 0 spiro atoms. The molecular formula is C16H15BrF2N2O2. The molecule has 1 aromatic carbocycles. The van der Waals surface area contributed by atoms with Gasteiger partial charge in [0, 0.05) is 29.7 Å². The van der Waals surface area contributed by atoms with E-state index in [9.17, 15) is 18.4 Å². The molecule has 0 fully saturated rings. The summed E-state index contributed by atoms with van der Waals surface area (Å²) < 4.78 is 28.2. The van der Waals surface area contributed by atoms with Gasteiger partial charge in [-0.1, -0.05) is 0 Å². The van der Waals surface area contributed by atoms with Gasteiger partial charge in [0.2, 0.25) is 0 Å². The molecule has 0 aliphatic carbocycles. The van der Waals surface area contributed by atoms with Crippen molar-refractivity contribution in [3.05, 3.63) is 52.8 Å². The molecule has 0 unspecified atom stereocenters. The molecule has 1 heterocycles. The fourth-order valence-corrected chi connectivity index (χ4v) is 2.58. The smallest absolute Gasteiger partial charge is 0.299 e. The van der Waals surface area contributed by atoms with Gasteiger partial charge in [0.15, 0.2) is 11.6 Å². The molecule has 0 aliphatic rings. The summed E-state index contributed by atoms with van der Waals surface area (Å²) in [6.07, 6.45) is 2.89. The van der Waals surface area contributed by atoms with Crippen LogP contribution >= 0.6 is 15.9 Å². The van der Waals surface area contributed by atoms with Gasteiger partial charge in [-0.3, -0.25) is 19.1 Å². The molecule has 0 N–H and O–H groups in total. The average Bonchev–Trinajstić information content (AvgIpc) is 2.96. The van der Waals surface area contributed by atoms with Crippen LogP contribution in [0.25, 0.3) is 0 Å². The largest absolute Gasteiger partial charge is 0.320 e. The highest BCUT2D eigenvalue weighted by molar-refractivity contribution is 9.10. The average molecular weight is 385 g/mol. The van der Waals surface area contributed by atoms with Crippen LogP contribution in [0.2, 0.25) is 0 Å². The van der Waals surface area contributed by atoms with E-state index in [0.717, 1.165) is 15.5 Å². The summed E-state index contributed by atoms with van der Waals surface area (Å²) in [5.74, 6) is -3.78. The maximum absolute atomic E-state index is 13.7. The van der Waals surface area contributed by atoms with Gasteiger partial charge in [0.25, 0.3) is 0 Å². The molecule has 1 amide bonds. The van der Waals surface area contributed by atoms with Crippen LogP contribution in [0.3, 0.4) is 0 Å². The first kappa shape index (κ1) is 17.3. The van der Waals surface area contributed by atoms with Gasteiger partial charge in [-0.05, 0) is 54.9 Å². The van der Waals surface area contributed by atoms with Crippen molar-refractivity contribution in [2.75, 3.05) is 4.90 Å². The van der Waals surface area contributed by atoms with Crippen LogP contribution in [0.4, 0.5) is 14.5 Å². The predicted molar refractivity (Wildman–Crippen MR) is 86.4 cm³/mol. The van der Waals surface area contributed by atoms with Crippen molar-refractivity contribution < 1.29 is 18.4 Å². The molecule has 1 aromatic heterocycles. The summed E-state index contributed by atoms with van der Waals surface area (Å²) in [4.78, 5) is 26.1. The Labute approximate surface area is 140 Å². The normalized spacial score (nSPS) is 11.4. The van der Waals surface area contributed by atoms with Gasteiger partial charge in [-0.2, -0.15) is 0 Å². The van der Waals surface area contributed by atoms with Crippen LogP contribution in [-0.2, 0) is 4.79 Å². The standard InChI is InChI=1S/C16H15BrF2N2O2/c1-16(2,3)21(10-8-11(17)13(19)12(18)9-10)15(23)14(22)20-6-4-5-7-20/h4-9H,1-3H3. The second-order valence-corrected chi connectivity index (χ2v) is 6.78. The monoisotopic (exact) mass is 384 g/mol. The zero-order chi connectivity index (χ0) is 17.4. The Bertz CT molecular complexity index is 729. The van der Waals surface area contributed by atoms with Gasteiger partial charge in [-0.15, -0.1) is 0 Å². The number of hydrogen-bond donors (Lipinski definition) is 0. The van der Waals surface area contributed by atoms with Crippen molar-refractivity contribution >= 4 is 33.4 Å². The number of nitrogens with zero attached hydrogens (tertiary/aromatic N) is 2. The van der Waals surface area contributed by atoms with Gasteiger partial charge in [-0.25, -0.2) is 8.78 Å². The van der Waals surface area contributed by atoms with Crippen LogP contribution in [-0.4, -0.2) is 21.9 Å². The van der Waals surface area contributed by atoms with E-state index >= 15 is 0 Å². The van der Waals surface area contributed by atoms with E-state index in [1.807, 2.05) is 0 Å². The predicted octanol–water partition coefficient (Wildman–Crippen LogP) is 4.00. The van der Waals surface area contributed by atoms with Crippen LogP contribution in [0.15, 0.2) is 41.1 Å². The zero-order valence-electron chi connectivity index (χ0n) is 12.8. The third-order valence-corrected chi connectivity index (χ3v) is 3.70. The summed E-state index contributed by atoms with van der Waals surface area (Å²) in [6, 6.07) is 5.39. The summed E-state index contributed by atoms with van der Waals surface area (Å²) >= 11 is 2.91. The number of carbonyl (C=O) groups excluding carboxylic acids is 2. The Morgan fingerprint density at radius 2 is 1.70 bits per heavy atom. The lowest BCUT2D eigenvalue weighted by molar-refractivity contribution is -0.116. The van der Waals surface area contributed by atoms with Crippen LogP contribution in [0.5, 0.6) is 0 Å². The third-order valence-electron chi connectivity index (χ3n) is 3.12. The number of amides is 1. The Kier molecular flexibility index (Phi) is 4.70. The minimum Gasteiger partial charge on any atom is -0.299 e. The number of halogens is 3. The summed E-state index contributed by atoms with van der Waals surface area (Å²) in [5, 5.41) is 0. The zero-order valence-corrected chi connectivity index (χ0v) is 14.4. The first-order valence-corrected chi connectivity index (χ1v) is 7.58. The van der Waals surface area contributed by atoms with Crippen LogP contribution in [0.1, 0.15) is 25.6 Å². The fraction of sp³-hybridized carbons (Fsp3) is 0.250. The lowest BCUT2D eigenvalue weighted by Gasteiger charge is -2.35. The molecule has 0 aliphatic heterocycles. The van der Waals surface area contributed by atoms with Crippen LogP contribution < -0.4 is 4.90 Å². The molecule has 23 heavy (non-hydrogen) atoms. The van der Waals surface area contributed by atoms with Gasteiger partial charge in [0.05, 0.1) is 4.47 Å². The van der Waals surface area contributed by atoms with E-state index in [1.165, 1.54) is 18.5 Å². The van der Waals surface area contributed by atoms with E-state index in [2.05, 4.69) is 15.9 Å². The van der Waals surface area contributed by atoms with Gasteiger partial charge in [0.1, 0.15) is 0 Å². The molecule has 0 saturated carbocycles. The molecule has 2 aromatic rings. The molecule has 2 rings (SSSR count). The maximum atomic E-state index is 13.7. The first-order valence-electron chi connectivity index (χ1n) is 6.79. The topological polar surface area (TPSA) is 42.3 Å². The van der Waals surface area contributed by atoms with Crippen molar-refractivity contribution in [3.8, 4) is 0 Å². The third kappa shape index (κ3) is 3.50. The lowest BCUT2D eigenvalue weighted by atomic mass is 10.0. The second-order valence-electron chi connectivity index (χ2n) is 5.93. The first-order chi connectivity index (χ1) is 10.6. The second kappa shape index (κ2) is 6.23. The Hall–Kier alpha value is -2.02. The molecule has 0 radical (unpaired) electrons. The fourth-order valence-electron chi connectivity index (χ4n) is 2.16. The Morgan fingerprint density at radius 1 is 1.13 bits per heavy atom. The number of carbonyl (C=O) groups is 2. The summed E-state index contributed by atoms with van der Waals surface area (Å²) in [6.45, 7) is 5.09. The van der Waals surface area contributed by atoms with Crippen molar-refractivity contribution in [2.45, 2.75) is 26.3 Å². The Morgan fingerprint density at radius 3 is 2.17 bits per heavy atom. The quantitative estimate of drug-likeness (QED) is 0.550. The molecule has 0 saturated heterocycles. The van der Waals surface area contributed by atoms with Crippen molar-refractivity contribution in [2.24, 2.45) is 0 Å². The minimum atomic E-state index is -1.11. The van der Waals surface area contributed by atoms with Gasteiger partial charge < -0.3 is 0 Å². The lowest BCUT2D eigenvalue weighted by Crippen LogP contribution is -2.50. The number of benzene rings is 1. The molecule has 0 bridgehead atoms. The number of aromatic nitrogens is 1. The molecule has 7 heteroatoms. The van der Waals surface area contributed by atoms with Crippen molar-refractivity contribution in [3.63, 3.8) is 0 Å². The minimum absolute atomic E-state index is 0.0915. The highest BCUT2D eigenvalue weighted by Crippen LogP contribution is 2.30. The molecule has 122 valence electrons. The maximum Gasteiger partial charge on any atom is 0.320 e. The number of anilines is 1.